The van der Waals surface area contributed by atoms with E-state index in [0.29, 0.717) is 0 Å². The zero-order valence-electron chi connectivity index (χ0n) is 13.9. The summed E-state index contributed by atoms with van der Waals surface area (Å²) in [7, 11) is 1.92. The zero-order chi connectivity index (χ0) is 16.7. The lowest BCUT2D eigenvalue weighted by molar-refractivity contribution is 0.710. The molecule has 0 radical (unpaired) electrons. The maximum Gasteiger partial charge on any atom is 0.0526 e. The van der Waals surface area contributed by atoms with Gasteiger partial charge in [0.2, 0.25) is 0 Å². The summed E-state index contributed by atoms with van der Waals surface area (Å²) in [6.07, 6.45) is 5.73. The molecule has 0 bridgehead atoms. The standard InChI is InChI=1S/C15H20N2.C2H6.C2H4/c1-4-12(5-2)14(16)11-15(17-3)13-9-7-6-8-10-13;2*1-2/h4-11,15,17H,1,16H2,2-3H3;1-2H3;1-2H2/b12-5+,14-11-;;. The summed E-state index contributed by atoms with van der Waals surface area (Å²) in [6.45, 7) is 15.7. The van der Waals surface area contributed by atoms with Crippen molar-refractivity contribution in [3.8, 4) is 0 Å². The van der Waals surface area contributed by atoms with Crippen molar-refractivity contribution in [1.29, 1.82) is 0 Å². The molecule has 116 valence electrons. The van der Waals surface area contributed by atoms with E-state index in [1.54, 1.807) is 6.08 Å². The Balaban J connectivity index is 0. The van der Waals surface area contributed by atoms with Crippen LogP contribution in [0.1, 0.15) is 32.4 Å². The highest BCUT2D eigenvalue weighted by atomic mass is 14.9. The highest BCUT2D eigenvalue weighted by molar-refractivity contribution is 5.38. The van der Waals surface area contributed by atoms with Crippen LogP contribution < -0.4 is 11.1 Å². The van der Waals surface area contributed by atoms with Gasteiger partial charge in [0.15, 0.2) is 0 Å². The molecule has 2 nitrogen and oxygen atoms in total. The number of nitrogens with one attached hydrogen (secondary N) is 1. The number of allylic oxidation sites excluding steroid dienone is 2. The normalized spacial score (nSPS) is 12.2. The van der Waals surface area contributed by atoms with Gasteiger partial charge in [0.05, 0.1) is 6.04 Å². The first-order valence-corrected chi connectivity index (χ1v) is 7.21. The van der Waals surface area contributed by atoms with Gasteiger partial charge in [-0.05, 0) is 31.2 Å². The second kappa shape index (κ2) is 14.4. The summed E-state index contributed by atoms with van der Waals surface area (Å²) >= 11 is 0. The summed E-state index contributed by atoms with van der Waals surface area (Å²) in [4.78, 5) is 0. The van der Waals surface area contributed by atoms with Gasteiger partial charge in [-0.2, -0.15) is 0 Å². The van der Waals surface area contributed by atoms with E-state index in [-0.39, 0.29) is 6.04 Å². The molecule has 0 heterocycles. The molecule has 1 aromatic rings. The van der Waals surface area contributed by atoms with Crippen LogP contribution in [-0.2, 0) is 0 Å². The number of benzene rings is 1. The molecule has 0 aromatic heterocycles. The molecule has 1 atom stereocenters. The second-order valence-electron chi connectivity index (χ2n) is 3.75. The van der Waals surface area contributed by atoms with Gasteiger partial charge in [0.25, 0.3) is 0 Å². The molecule has 2 heteroatoms. The van der Waals surface area contributed by atoms with Crippen LogP contribution in [0.5, 0.6) is 0 Å². The van der Waals surface area contributed by atoms with E-state index in [1.807, 2.05) is 58.2 Å². The van der Waals surface area contributed by atoms with Crippen molar-refractivity contribution in [1.82, 2.24) is 5.32 Å². The Morgan fingerprint density at radius 1 is 1.19 bits per heavy atom. The van der Waals surface area contributed by atoms with Gasteiger partial charge in [-0.25, -0.2) is 0 Å². The van der Waals surface area contributed by atoms with E-state index in [4.69, 9.17) is 5.73 Å². The maximum absolute atomic E-state index is 6.03. The minimum atomic E-state index is 0.117. The highest BCUT2D eigenvalue weighted by Gasteiger charge is 2.06. The molecule has 0 saturated heterocycles. The smallest absolute Gasteiger partial charge is 0.0526 e. The molecule has 1 rings (SSSR count). The van der Waals surface area contributed by atoms with Crippen molar-refractivity contribution in [3.05, 3.63) is 85.1 Å². The Bertz CT molecular complexity index is 430. The fourth-order valence-corrected chi connectivity index (χ4v) is 1.68. The molecule has 0 amide bonds. The number of hydrogen-bond donors (Lipinski definition) is 2. The maximum atomic E-state index is 6.03. The molecule has 21 heavy (non-hydrogen) atoms. The Morgan fingerprint density at radius 3 is 2.10 bits per heavy atom. The van der Waals surface area contributed by atoms with Crippen LogP contribution in [0, 0.1) is 0 Å². The van der Waals surface area contributed by atoms with Crippen molar-refractivity contribution in [2.75, 3.05) is 7.05 Å². The number of likely N-dealkylation sites (N-methyl/N-ethyl adjacent to an activating group) is 1. The van der Waals surface area contributed by atoms with Gasteiger partial charge in [0, 0.05) is 5.70 Å². The van der Waals surface area contributed by atoms with E-state index in [9.17, 15) is 0 Å². The van der Waals surface area contributed by atoms with E-state index in [0.717, 1.165) is 11.3 Å². The number of nitrogens with two attached hydrogens (primary N) is 1. The lowest BCUT2D eigenvalue weighted by Crippen LogP contribution is -2.16. The van der Waals surface area contributed by atoms with E-state index < -0.39 is 0 Å². The molecule has 0 fully saturated rings. The molecule has 1 aromatic carbocycles. The molecule has 0 aliphatic heterocycles. The molecule has 1 unspecified atom stereocenters. The topological polar surface area (TPSA) is 38.0 Å². The largest absolute Gasteiger partial charge is 0.398 e. The summed E-state index contributed by atoms with van der Waals surface area (Å²) in [6, 6.07) is 10.3. The molecule has 0 saturated carbocycles. The van der Waals surface area contributed by atoms with Crippen LogP contribution in [0.25, 0.3) is 0 Å². The van der Waals surface area contributed by atoms with E-state index in [1.165, 1.54) is 5.56 Å². The Morgan fingerprint density at radius 2 is 1.71 bits per heavy atom. The van der Waals surface area contributed by atoms with Gasteiger partial charge in [-0.1, -0.05) is 62.9 Å². The first-order chi connectivity index (χ1) is 10.2. The Hall–Kier alpha value is -2.06. The quantitative estimate of drug-likeness (QED) is 0.605. The molecule has 0 spiro atoms. The Kier molecular flexibility index (Phi) is 14.5. The molecule has 0 aliphatic carbocycles. The predicted octanol–water partition coefficient (Wildman–Crippen LogP) is 4.75. The van der Waals surface area contributed by atoms with Crippen LogP contribution in [0.2, 0.25) is 0 Å². The molecule has 3 N–H and O–H groups in total. The third-order valence-corrected chi connectivity index (χ3v) is 2.68. The van der Waals surface area contributed by atoms with Crippen LogP contribution in [0.3, 0.4) is 0 Å². The fourth-order valence-electron chi connectivity index (χ4n) is 1.68. The molecular formula is C19H30N2. The third-order valence-electron chi connectivity index (χ3n) is 2.68. The van der Waals surface area contributed by atoms with Crippen LogP contribution in [0.4, 0.5) is 0 Å². The van der Waals surface area contributed by atoms with Crippen LogP contribution >= 0.6 is 0 Å². The minimum Gasteiger partial charge on any atom is -0.398 e. The third kappa shape index (κ3) is 7.95. The van der Waals surface area contributed by atoms with Crippen molar-refractivity contribution in [2.45, 2.75) is 26.8 Å². The summed E-state index contributed by atoms with van der Waals surface area (Å²) in [5.74, 6) is 0. The van der Waals surface area contributed by atoms with Crippen molar-refractivity contribution in [2.24, 2.45) is 5.73 Å². The van der Waals surface area contributed by atoms with Gasteiger partial charge in [0.1, 0.15) is 0 Å². The average molecular weight is 286 g/mol. The predicted molar refractivity (Wildman–Crippen MR) is 97.1 cm³/mol. The zero-order valence-corrected chi connectivity index (χ0v) is 13.9. The average Bonchev–Trinajstić information content (AvgIpc) is 2.58. The highest BCUT2D eigenvalue weighted by Crippen LogP contribution is 2.16. The Labute approximate surface area is 130 Å². The SMILES string of the molecule is C=C.C=CC(=C\C)/C(N)=C/C(NC)c1ccccc1.CC. The van der Waals surface area contributed by atoms with E-state index >= 15 is 0 Å². The summed E-state index contributed by atoms with van der Waals surface area (Å²) in [5.41, 5.74) is 8.93. The number of rotatable bonds is 5. The minimum absolute atomic E-state index is 0.117. The van der Waals surface area contributed by atoms with E-state index in [2.05, 4.69) is 37.2 Å². The summed E-state index contributed by atoms with van der Waals surface area (Å²) in [5, 5.41) is 3.23. The van der Waals surface area contributed by atoms with Crippen molar-refractivity contribution in [3.63, 3.8) is 0 Å². The lowest BCUT2D eigenvalue weighted by Gasteiger charge is -2.14. The van der Waals surface area contributed by atoms with Gasteiger partial charge >= 0.3 is 0 Å². The number of hydrogen-bond acceptors (Lipinski definition) is 2. The first kappa shape index (κ1) is 21.2. The monoisotopic (exact) mass is 286 g/mol. The fraction of sp³-hybridized carbons (Fsp3) is 0.263. The van der Waals surface area contributed by atoms with Crippen molar-refractivity contribution >= 4 is 0 Å². The van der Waals surface area contributed by atoms with Gasteiger partial charge < -0.3 is 11.1 Å². The van der Waals surface area contributed by atoms with Gasteiger partial charge in [-0.15, -0.1) is 13.2 Å². The van der Waals surface area contributed by atoms with Crippen LogP contribution in [-0.4, -0.2) is 7.05 Å². The molecular weight excluding hydrogens is 256 g/mol. The summed E-state index contributed by atoms with van der Waals surface area (Å²) < 4.78 is 0. The molecule has 0 aliphatic rings. The second-order valence-corrected chi connectivity index (χ2v) is 3.75. The van der Waals surface area contributed by atoms with Crippen LogP contribution in [0.15, 0.2) is 79.6 Å². The van der Waals surface area contributed by atoms with Gasteiger partial charge in [-0.3, -0.25) is 0 Å². The first-order valence-electron chi connectivity index (χ1n) is 7.21. The lowest BCUT2D eigenvalue weighted by atomic mass is 10.0. The van der Waals surface area contributed by atoms with Crippen molar-refractivity contribution < 1.29 is 0 Å².